The molecule has 0 spiro atoms. The van der Waals surface area contributed by atoms with Crippen LogP contribution in [0.5, 0.6) is 0 Å². The molecule has 0 aromatic carbocycles. The van der Waals surface area contributed by atoms with E-state index in [9.17, 15) is 4.79 Å². The first kappa shape index (κ1) is 21.1. The van der Waals surface area contributed by atoms with Crippen LogP contribution in [0.1, 0.15) is 46.5 Å². The van der Waals surface area contributed by atoms with E-state index in [1.54, 1.807) is 23.5 Å². The van der Waals surface area contributed by atoms with Crippen molar-refractivity contribution in [2.75, 3.05) is 18.4 Å². The number of likely N-dealkylation sites (tertiary alicyclic amines) is 1. The molecule has 1 fully saturated rings. The minimum atomic E-state index is 0.0215. The molecule has 4 heterocycles. The van der Waals surface area contributed by atoms with Crippen LogP contribution >= 0.6 is 11.3 Å². The van der Waals surface area contributed by atoms with Crippen LogP contribution in [0.4, 0.5) is 11.8 Å². The zero-order valence-corrected chi connectivity index (χ0v) is 18.8. The molecule has 1 atom stereocenters. The highest BCUT2D eigenvalue weighted by atomic mass is 32.1. The molecule has 1 saturated heterocycles. The number of hydrogen-bond donors (Lipinski definition) is 1. The Kier molecular flexibility index (Phi) is 6.36. The van der Waals surface area contributed by atoms with E-state index in [1.165, 1.54) is 0 Å². The van der Waals surface area contributed by atoms with Crippen LogP contribution in [0.3, 0.4) is 0 Å². The summed E-state index contributed by atoms with van der Waals surface area (Å²) in [4.78, 5) is 32.6. The summed E-state index contributed by atoms with van der Waals surface area (Å²) in [6.07, 6.45) is 5.39. The number of nitrogens with zero attached hydrogens (tertiary/aromatic N) is 5. The summed E-state index contributed by atoms with van der Waals surface area (Å²) in [5, 5.41) is 6.16. The Hall–Kier alpha value is -3.13. The fourth-order valence-corrected chi connectivity index (χ4v) is 4.36. The van der Waals surface area contributed by atoms with Crippen molar-refractivity contribution < 1.29 is 4.79 Å². The van der Waals surface area contributed by atoms with Gasteiger partial charge in [-0.3, -0.25) is 4.79 Å². The summed E-state index contributed by atoms with van der Waals surface area (Å²) in [6, 6.07) is 7.86. The average molecular weight is 435 g/mol. The van der Waals surface area contributed by atoms with Gasteiger partial charge in [-0.25, -0.2) is 19.9 Å². The summed E-state index contributed by atoms with van der Waals surface area (Å²) in [6.45, 7) is 7.28. The summed E-state index contributed by atoms with van der Waals surface area (Å²) >= 11 is 1.58. The van der Waals surface area contributed by atoms with Crippen molar-refractivity contribution in [1.82, 2.24) is 24.8 Å². The molecule has 1 aliphatic rings. The second kappa shape index (κ2) is 9.34. The predicted octanol–water partition coefficient (Wildman–Crippen LogP) is 4.42. The van der Waals surface area contributed by atoms with Crippen LogP contribution in [-0.4, -0.2) is 43.8 Å². The van der Waals surface area contributed by atoms with E-state index in [1.807, 2.05) is 55.3 Å². The highest BCUT2D eigenvalue weighted by Gasteiger charge is 2.24. The average Bonchev–Trinajstić information content (AvgIpc) is 3.17. The van der Waals surface area contributed by atoms with Crippen LogP contribution < -0.4 is 5.32 Å². The maximum Gasteiger partial charge on any atom is 0.246 e. The van der Waals surface area contributed by atoms with Gasteiger partial charge in [0.25, 0.3) is 0 Å². The van der Waals surface area contributed by atoms with Crippen LogP contribution in [0.25, 0.3) is 6.08 Å². The van der Waals surface area contributed by atoms with Crippen molar-refractivity contribution >= 4 is 35.1 Å². The summed E-state index contributed by atoms with van der Waals surface area (Å²) < 4.78 is 0. The van der Waals surface area contributed by atoms with E-state index in [0.717, 1.165) is 47.2 Å². The number of pyridine rings is 1. The summed E-state index contributed by atoms with van der Waals surface area (Å²) in [5.74, 6) is 1.48. The van der Waals surface area contributed by atoms with Gasteiger partial charge < -0.3 is 10.2 Å². The third-order valence-electron chi connectivity index (χ3n) is 5.18. The SMILES string of the molecule is Cc1cc(C)nc(Nc2cccc(C3CCCN(C(=O)C=Cc4csc(C)n4)C3)n2)n1. The van der Waals surface area contributed by atoms with Gasteiger partial charge in [-0.15, -0.1) is 11.3 Å². The fourth-order valence-electron chi connectivity index (χ4n) is 3.78. The smallest absolute Gasteiger partial charge is 0.246 e. The molecule has 1 N–H and O–H groups in total. The molecule has 0 bridgehead atoms. The lowest BCUT2D eigenvalue weighted by Crippen LogP contribution is -2.38. The van der Waals surface area contributed by atoms with Crippen molar-refractivity contribution in [3.63, 3.8) is 0 Å². The van der Waals surface area contributed by atoms with Crippen LogP contribution in [-0.2, 0) is 4.79 Å². The first-order valence-corrected chi connectivity index (χ1v) is 11.3. The highest BCUT2D eigenvalue weighted by molar-refractivity contribution is 7.09. The first-order valence-electron chi connectivity index (χ1n) is 10.4. The Morgan fingerprint density at radius 1 is 1.16 bits per heavy atom. The second-order valence-electron chi connectivity index (χ2n) is 7.80. The van der Waals surface area contributed by atoms with Crippen LogP contribution in [0.15, 0.2) is 35.7 Å². The fraction of sp³-hybridized carbons (Fsp3) is 0.348. The minimum absolute atomic E-state index is 0.0215. The van der Waals surface area contributed by atoms with Gasteiger partial charge in [0.15, 0.2) is 0 Å². The van der Waals surface area contributed by atoms with E-state index >= 15 is 0 Å². The molecule has 3 aromatic rings. The lowest BCUT2D eigenvalue weighted by atomic mass is 9.94. The number of hydrogen-bond acceptors (Lipinski definition) is 7. The standard InChI is InChI=1S/C23H26N6OS/c1-15-12-16(2)25-23(24-15)28-21-8-4-7-20(27-21)18-6-5-11-29(13-18)22(30)10-9-19-14-31-17(3)26-19/h4,7-10,12,14,18H,5-6,11,13H2,1-3H3,(H,24,25,27,28). The molecule has 31 heavy (non-hydrogen) atoms. The number of carbonyl (C=O) groups excluding carboxylic acids is 1. The molecule has 1 unspecified atom stereocenters. The predicted molar refractivity (Wildman–Crippen MR) is 123 cm³/mol. The number of aryl methyl sites for hydroxylation is 3. The molecule has 3 aromatic heterocycles. The van der Waals surface area contributed by atoms with Gasteiger partial charge in [0.05, 0.1) is 10.7 Å². The molecule has 0 radical (unpaired) electrons. The first-order chi connectivity index (χ1) is 15.0. The van der Waals surface area contributed by atoms with Crippen LogP contribution in [0, 0.1) is 20.8 Å². The summed E-state index contributed by atoms with van der Waals surface area (Å²) in [7, 11) is 0. The van der Waals surface area contributed by atoms with Crippen molar-refractivity contribution in [2.24, 2.45) is 0 Å². The van der Waals surface area contributed by atoms with Crippen molar-refractivity contribution in [3.8, 4) is 0 Å². The van der Waals surface area contributed by atoms with Crippen molar-refractivity contribution in [1.29, 1.82) is 0 Å². The zero-order valence-electron chi connectivity index (χ0n) is 18.0. The van der Waals surface area contributed by atoms with Crippen LogP contribution in [0.2, 0.25) is 0 Å². The summed E-state index contributed by atoms with van der Waals surface area (Å²) in [5.41, 5.74) is 3.63. The largest absolute Gasteiger partial charge is 0.338 e. The minimum Gasteiger partial charge on any atom is -0.338 e. The van der Waals surface area contributed by atoms with Gasteiger partial charge in [0, 0.05) is 47.5 Å². The Morgan fingerprint density at radius 2 is 1.97 bits per heavy atom. The maximum atomic E-state index is 12.7. The number of piperidine rings is 1. The Morgan fingerprint density at radius 3 is 2.71 bits per heavy atom. The molecular weight excluding hydrogens is 408 g/mol. The lowest BCUT2D eigenvalue weighted by molar-refractivity contribution is -0.127. The van der Waals surface area contributed by atoms with Gasteiger partial charge in [0.2, 0.25) is 11.9 Å². The lowest BCUT2D eigenvalue weighted by Gasteiger charge is -2.32. The topological polar surface area (TPSA) is 83.9 Å². The Bertz CT molecular complexity index is 1090. The van der Waals surface area contributed by atoms with Gasteiger partial charge in [-0.1, -0.05) is 6.07 Å². The number of carbonyl (C=O) groups is 1. The van der Waals surface area contributed by atoms with Crippen molar-refractivity contribution in [2.45, 2.75) is 39.5 Å². The third kappa shape index (κ3) is 5.52. The molecule has 0 saturated carbocycles. The molecule has 1 aliphatic heterocycles. The number of nitrogens with one attached hydrogen (secondary N) is 1. The number of rotatable bonds is 5. The van der Waals surface area contributed by atoms with Gasteiger partial charge >= 0.3 is 0 Å². The van der Waals surface area contributed by atoms with E-state index in [0.29, 0.717) is 18.3 Å². The maximum absolute atomic E-state index is 12.7. The zero-order chi connectivity index (χ0) is 21.8. The molecule has 160 valence electrons. The molecular formula is C23H26N6OS. The van der Waals surface area contributed by atoms with Crippen molar-refractivity contribution in [3.05, 3.63) is 63.5 Å². The quantitative estimate of drug-likeness (QED) is 0.599. The monoisotopic (exact) mass is 434 g/mol. The van der Waals surface area contributed by atoms with E-state index in [2.05, 4.69) is 20.3 Å². The Labute approximate surface area is 186 Å². The molecule has 1 amide bonds. The normalized spacial score (nSPS) is 16.6. The number of aromatic nitrogens is 4. The van der Waals surface area contributed by atoms with Gasteiger partial charge in [-0.2, -0.15) is 0 Å². The Balaban J connectivity index is 1.43. The number of thiazole rings is 1. The second-order valence-corrected chi connectivity index (χ2v) is 8.86. The number of anilines is 2. The third-order valence-corrected chi connectivity index (χ3v) is 5.97. The van der Waals surface area contributed by atoms with Gasteiger partial charge in [0.1, 0.15) is 5.82 Å². The molecule has 7 nitrogen and oxygen atoms in total. The molecule has 0 aliphatic carbocycles. The number of amides is 1. The van der Waals surface area contributed by atoms with E-state index in [-0.39, 0.29) is 11.8 Å². The molecule has 4 rings (SSSR count). The van der Waals surface area contributed by atoms with E-state index < -0.39 is 0 Å². The van der Waals surface area contributed by atoms with Gasteiger partial charge in [-0.05, 0) is 57.9 Å². The highest BCUT2D eigenvalue weighted by Crippen LogP contribution is 2.27. The molecule has 8 heteroatoms. The van der Waals surface area contributed by atoms with E-state index in [4.69, 9.17) is 4.98 Å².